The van der Waals surface area contributed by atoms with Gasteiger partial charge in [0.2, 0.25) is 0 Å². The molecule has 1 amide bonds. The lowest BCUT2D eigenvalue weighted by molar-refractivity contribution is 0.0724. The summed E-state index contributed by atoms with van der Waals surface area (Å²) >= 11 is 0. The van der Waals surface area contributed by atoms with E-state index in [9.17, 15) is 9.59 Å². The highest BCUT2D eigenvalue weighted by molar-refractivity contribution is 5.99. The molecule has 0 radical (unpaired) electrons. The van der Waals surface area contributed by atoms with E-state index in [1.54, 1.807) is 66.7 Å². The van der Waals surface area contributed by atoms with E-state index in [1.165, 1.54) is 13.3 Å². The number of anilines is 1. The molecule has 0 atom stereocenters. The SMILES string of the molecule is CCOc1cc(/C=N\NC(=O)c2ccccc2N)ccc1OC(=O)c1ccccc1OC. The molecule has 0 aromatic heterocycles. The summed E-state index contributed by atoms with van der Waals surface area (Å²) in [5.41, 5.74) is 9.85. The van der Waals surface area contributed by atoms with E-state index >= 15 is 0 Å². The van der Waals surface area contributed by atoms with Crippen LogP contribution in [0.1, 0.15) is 33.2 Å². The molecule has 0 bridgehead atoms. The third-order valence-electron chi connectivity index (χ3n) is 4.38. The highest BCUT2D eigenvalue weighted by atomic mass is 16.6. The van der Waals surface area contributed by atoms with Gasteiger partial charge < -0.3 is 19.9 Å². The molecule has 0 spiro atoms. The van der Waals surface area contributed by atoms with Gasteiger partial charge in [-0.15, -0.1) is 0 Å². The molecule has 0 heterocycles. The quantitative estimate of drug-likeness (QED) is 0.184. The fourth-order valence-corrected chi connectivity index (χ4v) is 2.86. The summed E-state index contributed by atoms with van der Waals surface area (Å²) in [6.07, 6.45) is 1.45. The number of carbonyl (C=O) groups is 2. The van der Waals surface area contributed by atoms with Crippen LogP contribution in [0.2, 0.25) is 0 Å². The minimum Gasteiger partial charge on any atom is -0.496 e. The zero-order valence-electron chi connectivity index (χ0n) is 17.7. The van der Waals surface area contributed by atoms with Gasteiger partial charge in [-0.2, -0.15) is 5.10 Å². The van der Waals surface area contributed by atoms with Crippen molar-refractivity contribution < 1.29 is 23.8 Å². The number of rotatable bonds is 8. The fraction of sp³-hybridized carbons (Fsp3) is 0.125. The van der Waals surface area contributed by atoms with E-state index in [2.05, 4.69) is 10.5 Å². The van der Waals surface area contributed by atoms with Gasteiger partial charge >= 0.3 is 5.97 Å². The van der Waals surface area contributed by atoms with Crippen LogP contribution in [-0.4, -0.2) is 31.8 Å². The van der Waals surface area contributed by atoms with Crippen molar-refractivity contribution in [2.75, 3.05) is 19.5 Å². The predicted molar refractivity (Wildman–Crippen MR) is 121 cm³/mol. The zero-order valence-corrected chi connectivity index (χ0v) is 17.7. The van der Waals surface area contributed by atoms with Crippen molar-refractivity contribution in [1.82, 2.24) is 5.43 Å². The number of nitrogen functional groups attached to an aromatic ring is 1. The first-order valence-electron chi connectivity index (χ1n) is 9.83. The highest BCUT2D eigenvalue weighted by Gasteiger charge is 2.17. The number of esters is 1. The molecule has 0 fully saturated rings. The number of para-hydroxylation sites is 2. The largest absolute Gasteiger partial charge is 0.496 e. The first-order valence-corrected chi connectivity index (χ1v) is 9.83. The molecule has 3 aromatic rings. The average molecular weight is 433 g/mol. The lowest BCUT2D eigenvalue weighted by Gasteiger charge is -2.12. The van der Waals surface area contributed by atoms with E-state index < -0.39 is 11.9 Å². The second-order valence-corrected chi connectivity index (χ2v) is 6.52. The monoisotopic (exact) mass is 433 g/mol. The van der Waals surface area contributed by atoms with Crippen LogP contribution in [0.25, 0.3) is 0 Å². The van der Waals surface area contributed by atoms with Crippen molar-refractivity contribution in [1.29, 1.82) is 0 Å². The summed E-state index contributed by atoms with van der Waals surface area (Å²) in [6, 6.07) is 18.4. The second kappa shape index (κ2) is 10.6. The van der Waals surface area contributed by atoms with Crippen molar-refractivity contribution in [2.24, 2.45) is 5.10 Å². The smallest absolute Gasteiger partial charge is 0.347 e. The van der Waals surface area contributed by atoms with Crippen molar-refractivity contribution >= 4 is 23.8 Å². The van der Waals surface area contributed by atoms with E-state index in [0.29, 0.717) is 40.5 Å². The number of ether oxygens (including phenoxy) is 3. The molecule has 3 N–H and O–H groups in total. The summed E-state index contributed by atoms with van der Waals surface area (Å²) < 4.78 is 16.3. The average Bonchev–Trinajstić information content (AvgIpc) is 2.81. The molecule has 0 saturated carbocycles. The van der Waals surface area contributed by atoms with E-state index in [-0.39, 0.29) is 5.75 Å². The molecule has 3 aromatic carbocycles. The Kier molecular flexibility index (Phi) is 7.42. The Labute approximate surface area is 185 Å². The van der Waals surface area contributed by atoms with E-state index in [0.717, 1.165) is 0 Å². The maximum Gasteiger partial charge on any atom is 0.347 e. The molecule has 164 valence electrons. The number of methoxy groups -OCH3 is 1. The number of nitrogens with one attached hydrogen (secondary N) is 1. The van der Waals surface area contributed by atoms with Gasteiger partial charge in [0.15, 0.2) is 11.5 Å². The molecule has 8 nitrogen and oxygen atoms in total. The molecular formula is C24H23N3O5. The zero-order chi connectivity index (χ0) is 22.9. The maximum absolute atomic E-state index is 12.6. The fourth-order valence-electron chi connectivity index (χ4n) is 2.86. The molecular weight excluding hydrogens is 410 g/mol. The van der Waals surface area contributed by atoms with Gasteiger partial charge in [0.05, 0.1) is 25.5 Å². The Morgan fingerprint density at radius 3 is 2.41 bits per heavy atom. The third-order valence-corrected chi connectivity index (χ3v) is 4.38. The standard InChI is InChI=1S/C24H23N3O5/c1-3-31-22-14-16(15-26-27-23(28)17-8-4-6-10-19(17)25)12-13-21(22)32-24(29)18-9-5-7-11-20(18)30-2/h4-15H,3,25H2,1-2H3,(H,27,28)/b26-15-. The summed E-state index contributed by atoms with van der Waals surface area (Å²) in [5, 5.41) is 3.96. The summed E-state index contributed by atoms with van der Waals surface area (Å²) in [4.78, 5) is 24.8. The minimum atomic E-state index is -0.572. The summed E-state index contributed by atoms with van der Waals surface area (Å²) in [7, 11) is 1.48. The van der Waals surface area contributed by atoms with E-state index in [1.807, 2.05) is 6.92 Å². The Morgan fingerprint density at radius 1 is 0.969 bits per heavy atom. The first kappa shape index (κ1) is 22.4. The van der Waals surface area contributed by atoms with Crippen LogP contribution < -0.4 is 25.4 Å². The number of nitrogens with zero attached hydrogens (tertiary/aromatic N) is 1. The maximum atomic E-state index is 12.6. The number of hydrogen-bond donors (Lipinski definition) is 2. The number of hydrogen-bond acceptors (Lipinski definition) is 7. The van der Waals surface area contributed by atoms with Gasteiger partial charge in [0.1, 0.15) is 11.3 Å². The van der Waals surface area contributed by atoms with Gasteiger partial charge in [0, 0.05) is 5.69 Å². The number of amides is 1. The predicted octanol–water partition coefficient (Wildman–Crippen LogP) is 3.66. The molecule has 0 aliphatic carbocycles. The number of benzene rings is 3. The molecule has 0 unspecified atom stereocenters. The van der Waals surface area contributed by atoms with Gasteiger partial charge in [-0.3, -0.25) is 4.79 Å². The van der Waals surface area contributed by atoms with Gasteiger partial charge in [0.25, 0.3) is 5.91 Å². The summed E-state index contributed by atoms with van der Waals surface area (Å²) in [6.45, 7) is 2.18. The van der Waals surface area contributed by atoms with Crippen LogP contribution in [0.3, 0.4) is 0 Å². The molecule has 0 aliphatic heterocycles. The minimum absolute atomic E-state index is 0.251. The Hall–Kier alpha value is -4.33. The van der Waals surface area contributed by atoms with Gasteiger partial charge in [-0.25, -0.2) is 10.2 Å². The van der Waals surface area contributed by atoms with Crippen LogP contribution in [0.15, 0.2) is 71.8 Å². The van der Waals surface area contributed by atoms with E-state index in [4.69, 9.17) is 19.9 Å². The highest BCUT2D eigenvalue weighted by Crippen LogP contribution is 2.30. The lowest BCUT2D eigenvalue weighted by Crippen LogP contribution is -2.19. The van der Waals surface area contributed by atoms with Crippen LogP contribution in [-0.2, 0) is 0 Å². The molecule has 32 heavy (non-hydrogen) atoms. The van der Waals surface area contributed by atoms with Crippen molar-refractivity contribution in [3.05, 3.63) is 83.4 Å². The van der Waals surface area contributed by atoms with Crippen molar-refractivity contribution in [3.8, 4) is 17.2 Å². The number of hydrazone groups is 1. The van der Waals surface area contributed by atoms with Crippen molar-refractivity contribution in [2.45, 2.75) is 6.92 Å². The Balaban J connectivity index is 1.74. The third kappa shape index (κ3) is 5.42. The molecule has 0 saturated heterocycles. The topological polar surface area (TPSA) is 112 Å². The normalized spacial score (nSPS) is 10.6. The van der Waals surface area contributed by atoms with Crippen LogP contribution in [0.5, 0.6) is 17.2 Å². The first-order chi connectivity index (χ1) is 15.5. The second-order valence-electron chi connectivity index (χ2n) is 6.52. The lowest BCUT2D eigenvalue weighted by atomic mass is 10.2. The number of nitrogens with two attached hydrogens (primary N) is 1. The summed E-state index contributed by atoms with van der Waals surface area (Å²) in [5.74, 6) is 0.0256. The van der Waals surface area contributed by atoms with Crippen molar-refractivity contribution in [3.63, 3.8) is 0 Å². The van der Waals surface area contributed by atoms with Gasteiger partial charge in [-0.05, 0) is 55.0 Å². The van der Waals surface area contributed by atoms with Crippen LogP contribution >= 0.6 is 0 Å². The molecule has 8 heteroatoms. The van der Waals surface area contributed by atoms with Crippen LogP contribution in [0, 0.1) is 0 Å². The molecule has 0 aliphatic rings. The number of carbonyl (C=O) groups excluding carboxylic acids is 2. The Bertz CT molecular complexity index is 1140. The Morgan fingerprint density at radius 2 is 1.69 bits per heavy atom. The van der Waals surface area contributed by atoms with Crippen LogP contribution in [0.4, 0.5) is 5.69 Å². The molecule has 3 rings (SSSR count). The van der Waals surface area contributed by atoms with Gasteiger partial charge in [-0.1, -0.05) is 24.3 Å².